The highest BCUT2D eigenvalue weighted by Gasteiger charge is 2.05. The summed E-state index contributed by atoms with van der Waals surface area (Å²) >= 11 is 0. The van der Waals surface area contributed by atoms with Crippen molar-refractivity contribution >= 4 is 17.6 Å². The number of methoxy groups -OCH3 is 1. The van der Waals surface area contributed by atoms with Gasteiger partial charge in [0.2, 0.25) is 0 Å². The lowest BCUT2D eigenvalue weighted by molar-refractivity contribution is -0.134. The molecule has 0 aliphatic carbocycles. The van der Waals surface area contributed by atoms with Crippen molar-refractivity contribution in [3.8, 4) is 17.6 Å². The molecule has 0 saturated heterocycles. The molecule has 2 aromatic rings. The Morgan fingerprint density at radius 3 is 2.54 bits per heavy atom. The number of allylic oxidation sites excluding steroid dienone is 1. The second kappa shape index (κ2) is 8.54. The van der Waals surface area contributed by atoms with Gasteiger partial charge in [-0.25, -0.2) is 0 Å². The molecule has 0 spiro atoms. The highest BCUT2D eigenvalue weighted by molar-refractivity contribution is 5.89. The van der Waals surface area contributed by atoms with Gasteiger partial charge in [0.1, 0.15) is 11.5 Å². The van der Waals surface area contributed by atoms with Gasteiger partial charge in [-0.2, -0.15) is 5.26 Å². The van der Waals surface area contributed by atoms with E-state index in [-0.39, 0.29) is 5.97 Å². The summed E-state index contributed by atoms with van der Waals surface area (Å²) in [6, 6.07) is 16.6. The van der Waals surface area contributed by atoms with Crippen molar-refractivity contribution in [2.75, 3.05) is 7.11 Å². The lowest BCUT2D eigenvalue weighted by atomic mass is 10.0. The third-order valence-electron chi connectivity index (χ3n) is 3.38. The van der Waals surface area contributed by atoms with E-state index in [9.17, 15) is 10.1 Å². The van der Waals surface area contributed by atoms with Crippen molar-refractivity contribution in [3.05, 3.63) is 59.7 Å². The SMILES string of the molecule is CCCC(=O)Oc1cccc(/C=C(/C#N)c2ccc(OC)cc2)c1. The van der Waals surface area contributed by atoms with Gasteiger partial charge in [-0.1, -0.05) is 19.1 Å². The fourth-order valence-corrected chi connectivity index (χ4v) is 2.17. The van der Waals surface area contributed by atoms with E-state index >= 15 is 0 Å². The molecular weight excluding hydrogens is 302 g/mol. The van der Waals surface area contributed by atoms with Crippen LogP contribution in [0.25, 0.3) is 11.6 Å². The molecular formula is C20H19NO3. The summed E-state index contributed by atoms with van der Waals surface area (Å²) in [5, 5.41) is 9.42. The van der Waals surface area contributed by atoms with Crippen LogP contribution in [0, 0.1) is 11.3 Å². The maximum atomic E-state index is 11.6. The zero-order valence-corrected chi connectivity index (χ0v) is 13.8. The van der Waals surface area contributed by atoms with Crippen LogP contribution in [0.1, 0.15) is 30.9 Å². The van der Waals surface area contributed by atoms with Crippen molar-refractivity contribution in [2.45, 2.75) is 19.8 Å². The van der Waals surface area contributed by atoms with Crippen LogP contribution in [0.2, 0.25) is 0 Å². The standard InChI is InChI=1S/C20H19NO3/c1-3-5-20(22)24-19-7-4-6-15(13-19)12-17(14-21)16-8-10-18(23-2)11-9-16/h4,6-13H,3,5H2,1-2H3/b17-12-. The molecule has 0 unspecified atom stereocenters. The lowest BCUT2D eigenvalue weighted by Crippen LogP contribution is -2.06. The number of ether oxygens (including phenoxy) is 2. The number of nitrogens with zero attached hydrogens (tertiary/aromatic N) is 1. The van der Waals surface area contributed by atoms with Gasteiger partial charge in [0.15, 0.2) is 0 Å². The monoisotopic (exact) mass is 321 g/mol. The molecule has 2 rings (SSSR count). The Morgan fingerprint density at radius 1 is 1.17 bits per heavy atom. The Bertz CT molecular complexity index is 770. The molecule has 2 aromatic carbocycles. The highest BCUT2D eigenvalue weighted by Crippen LogP contribution is 2.22. The van der Waals surface area contributed by atoms with E-state index in [1.54, 1.807) is 31.4 Å². The van der Waals surface area contributed by atoms with Crippen molar-refractivity contribution in [2.24, 2.45) is 0 Å². The van der Waals surface area contributed by atoms with Crippen LogP contribution in [0.4, 0.5) is 0 Å². The quantitative estimate of drug-likeness (QED) is 0.341. The van der Waals surface area contributed by atoms with Crippen LogP contribution in [-0.4, -0.2) is 13.1 Å². The average molecular weight is 321 g/mol. The van der Waals surface area contributed by atoms with Crippen LogP contribution in [0.5, 0.6) is 11.5 Å². The molecule has 0 amide bonds. The Morgan fingerprint density at radius 2 is 1.92 bits per heavy atom. The minimum Gasteiger partial charge on any atom is -0.497 e. The van der Waals surface area contributed by atoms with Crippen LogP contribution < -0.4 is 9.47 Å². The first-order valence-corrected chi connectivity index (χ1v) is 7.73. The summed E-state index contributed by atoms with van der Waals surface area (Å²) in [7, 11) is 1.60. The predicted octanol–water partition coefficient (Wildman–Crippen LogP) is 4.46. The maximum absolute atomic E-state index is 11.6. The number of carbonyl (C=O) groups is 1. The topological polar surface area (TPSA) is 59.3 Å². The fourth-order valence-electron chi connectivity index (χ4n) is 2.17. The van der Waals surface area contributed by atoms with Gasteiger partial charge in [-0.3, -0.25) is 4.79 Å². The van der Waals surface area contributed by atoms with Gasteiger partial charge in [-0.05, 0) is 60.0 Å². The van der Waals surface area contributed by atoms with Gasteiger partial charge < -0.3 is 9.47 Å². The van der Waals surface area contributed by atoms with Crippen LogP contribution >= 0.6 is 0 Å². The van der Waals surface area contributed by atoms with Crippen molar-refractivity contribution < 1.29 is 14.3 Å². The van der Waals surface area contributed by atoms with Gasteiger partial charge in [0.05, 0.1) is 18.8 Å². The van der Waals surface area contributed by atoms with E-state index in [1.807, 2.05) is 37.3 Å². The van der Waals surface area contributed by atoms with Crippen LogP contribution in [-0.2, 0) is 4.79 Å². The van der Waals surface area contributed by atoms with Gasteiger partial charge in [-0.15, -0.1) is 0 Å². The molecule has 0 bridgehead atoms. The smallest absolute Gasteiger partial charge is 0.311 e. The van der Waals surface area contributed by atoms with Crippen LogP contribution in [0.3, 0.4) is 0 Å². The summed E-state index contributed by atoms with van der Waals surface area (Å²) < 4.78 is 10.4. The van der Waals surface area contributed by atoms with Crippen molar-refractivity contribution in [3.63, 3.8) is 0 Å². The van der Waals surface area contributed by atoms with Gasteiger partial charge in [0, 0.05) is 6.42 Å². The highest BCUT2D eigenvalue weighted by atomic mass is 16.5. The average Bonchev–Trinajstić information content (AvgIpc) is 2.60. The normalized spacial score (nSPS) is 10.8. The molecule has 0 radical (unpaired) electrons. The first-order valence-electron chi connectivity index (χ1n) is 7.73. The number of hydrogen-bond acceptors (Lipinski definition) is 4. The number of hydrogen-bond donors (Lipinski definition) is 0. The van der Waals surface area contributed by atoms with Crippen LogP contribution in [0.15, 0.2) is 48.5 Å². The van der Waals surface area contributed by atoms with E-state index in [2.05, 4.69) is 6.07 Å². The van der Waals surface area contributed by atoms with Crippen molar-refractivity contribution in [1.82, 2.24) is 0 Å². The molecule has 0 saturated carbocycles. The van der Waals surface area contributed by atoms with E-state index < -0.39 is 0 Å². The third kappa shape index (κ3) is 4.72. The first-order chi connectivity index (χ1) is 11.7. The molecule has 0 aromatic heterocycles. The lowest BCUT2D eigenvalue weighted by Gasteiger charge is -2.05. The molecule has 0 aliphatic rings. The minimum atomic E-state index is -0.255. The summed E-state index contributed by atoms with van der Waals surface area (Å²) in [6.45, 7) is 1.93. The molecule has 0 heterocycles. The molecule has 0 fully saturated rings. The van der Waals surface area contributed by atoms with Gasteiger partial charge >= 0.3 is 5.97 Å². The molecule has 4 heteroatoms. The number of benzene rings is 2. The maximum Gasteiger partial charge on any atom is 0.311 e. The number of nitriles is 1. The number of carbonyl (C=O) groups excluding carboxylic acids is 1. The molecule has 0 N–H and O–H groups in total. The zero-order chi connectivity index (χ0) is 17.4. The Kier molecular flexibility index (Phi) is 6.16. The second-order valence-corrected chi connectivity index (χ2v) is 5.19. The molecule has 0 aliphatic heterocycles. The minimum absolute atomic E-state index is 0.255. The Hall–Kier alpha value is -3.06. The number of esters is 1. The molecule has 0 atom stereocenters. The first kappa shape index (κ1) is 17.3. The Balaban J connectivity index is 2.24. The van der Waals surface area contributed by atoms with E-state index in [0.717, 1.165) is 23.3 Å². The molecule has 122 valence electrons. The fraction of sp³-hybridized carbons (Fsp3) is 0.200. The Labute approximate surface area is 141 Å². The summed E-state index contributed by atoms with van der Waals surface area (Å²) in [5.74, 6) is 0.962. The van der Waals surface area contributed by atoms with E-state index in [0.29, 0.717) is 17.7 Å². The summed E-state index contributed by atoms with van der Waals surface area (Å²) in [5.41, 5.74) is 2.12. The largest absolute Gasteiger partial charge is 0.497 e. The summed E-state index contributed by atoms with van der Waals surface area (Å²) in [4.78, 5) is 11.6. The zero-order valence-electron chi connectivity index (χ0n) is 13.8. The second-order valence-electron chi connectivity index (χ2n) is 5.19. The number of rotatable bonds is 6. The van der Waals surface area contributed by atoms with Gasteiger partial charge in [0.25, 0.3) is 0 Å². The molecule has 4 nitrogen and oxygen atoms in total. The summed E-state index contributed by atoms with van der Waals surface area (Å²) in [6.07, 6.45) is 2.89. The predicted molar refractivity (Wildman–Crippen MR) is 93.5 cm³/mol. The van der Waals surface area contributed by atoms with E-state index in [4.69, 9.17) is 9.47 Å². The molecule has 24 heavy (non-hydrogen) atoms. The van der Waals surface area contributed by atoms with E-state index in [1.165, 1.54) is 0 Å². The third-order valence-corrected chi connectivity index (χ3v) is 3.38. The van der Waals surface area contributed by atoms with Crippen molar-refractivity contribution in [1.29, 1.82) is 5.26 Å².